The number of rotatable bonds is 6. The lowest BCUT2D eigenvalue weighted by molar-refractivity contribution is 0.249. The SMILES string of the molecule is NC(=O)NCCCc1cccc2cc(S(=O)(=O)c3cccc(F)c3)ccc12. The summed E-state index contributed by atoms with van der Waals surface area (Å²) in [6.07, 6.45) is 1.43. The van der Waals surface area contributed by atoms with Crippen molar-refractivity contribution in [1.82, 2.24) is 5.32 Å². The Hall–Kier alpha value is -2.93. The van der Waals surface area contributed by atoms with E-state index in [1.54, 1.807) is 12.1 Å². The summed E-state index contributed by atoms with van der Waals surface area (Å²) in [5.41, 5.74) is 6.10. The summed E-state index contributed by atoms with van der Waals surface area (Å²) in [4.78, 5) is 10.8. The molecule has 3 N–H and O–H groups in total. The van der Waals surface area contributed by atoms with E-state index in [0.29, 0.717) is 19.4 Å². The molecule has 0 spiro atoms. The molecule has 7 heteroatoms. The predicted octanol–water partition coefficient (Wildman–Crippen LogP) is 3.41. The molecule has 0 saturated carbocycles. The summed E-state index contributed by atoms with van der Waals surface area (Å²) in [6, 6.07) is 15.0. The van der Waals surface area contributed by atoms with Crippen molar-refractivity contribution in [2.75, 3.05) is 6.54 Å². The monoisotopic (exact) mass is 386 g/mol. The van der Waals surface area contributed by atoms with Crippen molar-refractivity contribution in [2.45, 2.75) is 22.6 Å². The Kier molecular flexibility index (Phi) is 5.41. The number of nitrogens with one attached hydrogen (secondary N) is 1. The van der Waals surface area contributed by atoms with Gasteiger partial charge in [0.15, 0.2) is 0 Å². The molecule has 3 aromatic carbocycles. The highest BCUT2D eigenvalue weighted by atomic mass is 32.2. The van der Waals surface area contributed by atoms with Gasteiger partial charge in [0, 0.05) is 6.54 Å². The number of hydrogen-bond donors (Lipinski definition) is 2. The van der Waals surface area contributed by atoms with E-state index < -0.39 is 21.7 Å². The van der Waals surface area contributed by atoms with Crippen molar-refractivity contribution in [2.24, 2.45) is 5.73 Å². The van der Waals surface area contributed by atoms with Crippen LogP contribution in [0.1, 0.15) is 12.0 Å². The van der Waals surface area contributed by atoms with Gasteiger partial charge in [-0.3, -0.25) is 0 Å². The number of urea groups is 1. The number of sulfone groups is 1. The van der Waals surface area contributed by atoms with Crippen LogP contribution in [0, 0.1) is 5.82 Å². The lowest BCUT2D eigenvalue weighted by Gasteiger charge is -2.10. The molecule has 0 aromatic heterocycles. The molecule has 3 aromatic rings. The van der Waals surface area contributed by atoms with Crippen molar-refractivity contribution in [3.8, 4) is 0 Å². The minimum absolute atomic E-state index is 0.0736. The molecule has 27 heavy (non-hydrogen) atoms. The van der Waals surface area contributed by atoms with Crippen LogP contribution in [0.4, 0.5) is 9.18 Å². The minimum atomic E-state index is -3.80. The zero-order chi connectivity index (χ0) is 19.4. The van der Waals surface area contributed by atoms with Gasteiger partial charge in [0.1, 0.15) is 5.82 Å². The first-order valence-corrected chi connectivity index (χ1v) is 9.92. The average Bonchev–Trinajstić information content (AvgIpc) is 2.64. The smallest absolute Gasteiger partial charge is 0.312 e. The zero-order valence-corrected chi connectivity index (χ0v) is 15.3. The Morgan fingerprint density at radius 3 is 2.48 bits per heavy atom. The van der Waals surface area contributed by atoms with Crippen LogP contribution in [0.25, 0.3) is 10.8 Å². The van der Waals surface area contributed by atoms with Gasteiger partial charge < -0.3 is 11.1 Å². The third-order valence-corrected chi connectivity index (χ3v) is 6.03. The summed E-state index contributed by atoms with van der Waals surface area (Å²) in [5, 5.41) is 4.27. The number of benzene rings is 3. The third-order valence-electron chi connectivity index (χ3n) is 4.28. The van der Waals surface area contributed by atoms with Gasteiger partial charge in [-0.15, -0.1) is 0 Å². The van der Waals surface area contributed by atoms with Crippen molar-refractivity contribution in [3.05, 3.63) is 72.0 Å². The summed E-state index contributed by atoms with van der Waals surface area (Å²) < 4.78 is 39.0. The molecule has 3 rings (SSSR count). The molecule has 5 nitrogen and oxygen atoms in total. The second-order valence-corrected chi connectivity index (χ2v) is 8.11. The second-order valence-electron chi connectivity index (χ2n) is 6.16. The van der Waals surface area contributed by atoms with E-state index >= 15 is 0 Å². The van der Waals surface area contributed by atoms with Crippen LogP contribution in [0.2, 0.25) is 0 Å². The molecule has 0 aliphatic rings. The van der Waals surface area contributed by atoms with Gasteiger partial charge in [0.25, 0.3) is 0 Å². The van der Waals surface area contributed by atoms with Crippen LogP contribution in [-0.2, 0) is 16.3 Å². The van der Waals surface area contributed by atoms with E-state index in [9.17, 15) is 17.6 Å². The fourth-order valence-corrected chi connectivity index (χ4v) is 4.30. The standard InChI is InChI=1S/C20H19FN2O3S/c21-16-7-2-8-17(13-16)27(25,26)18-9-10-19-14(4-1-5-15(19)12-18)6-3-11-23-20(22)24/h1-2,4-5,7-10,12-13H,3,6,11H2,(H3,22,23,24). The van der Waals surface area contributed by atoms with Gasteiger partial charge in [0.05, 0.1) is 9.79 Å². The van der Waals surface area contributed by atoms with E-state index in [0.717, 1.165) is 22.4 Å². The number of aryl methyl sites for hydroxylation is 1. The fourth-order valence-electron chi connectivity index (χ4n) is 2.97. The zero-order valence-electron chi connectivity index (χ0n) is 14.5. The number of carbonyl (C=O) groups is 1. The first-order chi connectivity index (χ1) is 12.9. The predicted molar refractivity (Wildman–Crippen MR) is 102 cm³/mol. The van der Waals surface area contributed by atoms with E-state index in [-0.39, 0.29) is 9.79 Å². The quantitative estimate of drug-likeness (QED) is 0.636. The molecule has 0 aliphatic carbocycles. The fraction of sp³-hybridized carbons (Fsp3) is 0.150. The molecule has 0 unspecified atom stereocenters. The van der Waals surface area contributed by atoms with Crippen LogP contribution in [-0.4, -0.2) is 21.0 Å². The molecular weight excluding hydrogens is 367 g/mol. The first-order valence-electron chi connectivity index (χ1n) is 8.43. The number of hydrogen-bond acceptors (Lipinski definition) is 3. The number of carbonyl (C=O) groups excluding carboxylic acids is 1. The molecule has 0 saturated heterocycles. The highest BCUT2D eigenvalue weighted by Gasteiger charge is 2.18. The van der Waals surface area contributed by atoms with E-state index in [1.165, 1.54) is 24.3 Å². The highest BCUT2D eigenvalue weighted by Crippen LogP contribution is 2.27. The van der Waals surface area contributed by atoms with Gasteiger partial charge in [-0.05, 0) is 59.5 Å². The molecule has 0 radical (unpaired) electrons. The maximum Gasteiger partial charge on any atom is 0.312 e. The molecular formula is C20H19FN2O3S. The van der Waals surface area contributed by atoms with Gasteiger partial charge in [0.2, 0.25) is 9.84 Å². The minimum Gasteiger partial charge on any atom is -0.352 e. The molecule has 0 atom stereocenters. The van der Waals surface area contributed by atoms with Crippen LogP contribution < -0.4 is 11.1 Å². The van der Waals surface area contributed by atoms with Crippen molar-refractivity contribution in [1.29, 1.82) is 0 Å². The normalized spacial score (nSPS) is 11.4. The maximum absolute atomic E-state index is 13.4. The average molecular weight is 386 g/mol. The summed E-state index contributed by atoms with van der Waals surface area (Å²) in [6.45, 7) is 0.470. The number of primary amides is 1. The molecule has 2 amide bonds. The van der Waals surface area contributed by atoms with Crippen molar-refractivity contribution in [3.63, 3.8) is 0 Å². The summed E-state index contributed by atoms with van der Waals surface area (Å²) in [5.74, 6) is -0.594. The summed E-state index contributed by atoms with van der Waals surface area (Å²) in [7, 11) is -3.80. The Morgan fingerprint density at radius 1 is 1.00 bits per heavy atom. The lowest BCUT2D eigenvalue weighted by Crippen LogP contribution is -2.30. The molecule has 140 valence electrons. The number of halogens is 1. The Balaban J connectivity index is 1.91. The Morgan fingerprint density at radius 2 is 1.74 bits per heavy atom. The van der Waals surface area contributed by atoms with Gasteiger partial charge in [-0.1, -0.05) is 30.3 Å². The molecule has 0 aliphatic heterocycles. The molecule has 0 fully saturated rings. The van der Waals surface area contributed by atoms with Crippen LogP contribution >= 0.6 is 0 Å². The largest absolute Gasteiger partial charge is 0.352 e. The lowest BCUT2D eigenvalue weighted by atomic mass is 10.0. The second kappa shape index (κ2) is 7.75. The number of fused-ring (bicyclic) bond motifs is 1. The number of amides is 2. The van der Waals surface area contributed by atoms with E-state index in [1.807, 2.05) is 18.2 Å². The van der Waals surface area contributed by atoms with E-state index in [4.69, 9.17) is 5.73 Å². The summed E-state index contributed by atoms with van der Waals surface area (Å²) >= 11 is 0. The van der Waals surface area contributed by atoms with Crippen molar-refractivity contribution < 1.29 is 17.6 Å². The van der Waals surface area contributed by atoms with Crippen LogP contribution in [0.5, 0.6) is 0 Å². The van der Waals surface area contributed by atoms with Crippen LogP contribution in [0.15, 0.2) is 70.5 Å². The van der Waals surface area contributed by atoms with E-state index in [2.05, 4.69) is 5.32 Å². The molecule has 0 heterocycles. The number of nitrogens with two attached hydrogens (primary N) is 1. The van der Waals surface area contributed by atoms with Crippen LogP contribution in [0.3, 0.4) is 0 Å². The highest BCUT2D eigenvalue weighted by molar-refractivity contribution is 7.91. The van der Waals surface area contributed by atoms with Gasteiger partial charge in [-0.25, -0.2) is 17.6 Å². The molecule has 0 bridgehead atoms. The Labute approximate surface area is 156 Å². The van der Waals surface area contributed by atoms with Crippen molar-refractivity contribution >= 4 is 26.6 Å². The Bertz CT molecular complexity index is 1100. The van der Waals surface area contributed by atoms with Gasteiger partial charge in [-0.2, -0.15) is 0 Å². The maximum atomic E-state index is 13.4. The third kappa shape index (κ3) is 4.25. The van der Waals surface area contributed by atoms with Gasteiger partial charge >= 0.3 is 6.03 Å². The topological polar surface area (TPSA) is 89.3 Å². The first kappa shape index (κ1) is 18.8.